The topological polar surface area (TPSA) is 53.3 Å². The lowest BCUT2D eigenvalue weighted by Gasteiger charge is -2.37. The smallest absolute Gasteiger partial charge is 0.0852 e. The zero-order chi connectivity index (χ0) is 37.9. The van der Waals surface area contributed by atoms with Crippen LogP contribution in [0.2, 0.25) is 0 Å². The monoisotopic (exact) mass is 736 g/mol. The number of nitrogens with zero attached hydrogens (tertiary/aromatic N) is 1. The minimum Gasteiger partial charge on any atom is -0.332 e. The molecule has 0 radical (unpaired) electrons. The van der Waals surface area contributed by atoms with Gasteiger partial charge in [0.1, 0.15) is 0 Å². The first-order chi connectivity index (χ1) is 28.2. The number of allylic oxidation sites excluding steroid dienone is 9. The third-order valence-electron chi connectivity index (χ3n) is 12.6. The van der Waals surface area contributed by atoms with Gasteiger partial charge in [0, 0.05) is 35.3 Å². The summed E-state index contributed by atoms with van der Waals surface area (Å²) < 4.78 is 0. The molecule has 4 aliphatic carbocycles. The van der Waals surface area contributed by atoms with Gasteiger partial charge in [0.05, 0.1) is 18.4 Å². The van der Waals surface area contributed by atoms with Crippen molar-refractivity contribution >= 4 is 44.1 Å². The van der Waals surface area contributed by atoms with Crippen LogP contribution >= 0.6 is 0 Å². The van der Waals surface area contributed by atoms with Crippen LogP contribution in [0, 0.1) is 11.8 Å². The molecule has 1 heterocycles. The van der Waals surface area contributed by atoms with Gasteiger partial charge >= 0.3 is 0 Å². The Kier molecular flexibility index (Phi) is 8.36. The van der Waals surface area contributed by atoms with E-state index in [-0.39, 0.29) is 24.3 Å². The highest BCUT2D eigenvalue weighted by Gasteiger charge is 2.43. The van der Waals surface area contributed by atoms with Crippen molar-refractivity contribution in [1.29, 1.82) is 0 Å². The number of nitrogens with one attached hydrogen (secondary N) is 2. The van der Waals surface area contributed by atoms with Gasteiger partial charge in [0.15, 0.2) is 0 Å². The normalized spacial score (nSPS) is 21.1. The second-order valence-corrected chi connectivity index (χ2v) is 15.8. The second-order valence-electron chi connectivity index (χ2n) is 15.8. The Balaban J connectivity index is 0.971. The summed E-state index contributed by atoms with van der Waals surface area (Å²) in [6.45, 7) is 0.727. The van der Waals surface area contributed by atoms with Crippen LogP contribution < -0.4 is 31.7 Å². The predicted octanol–water partition coefficient (Wildman–Crippen LogP) is 9.45. The molecular formula is C53H44N4. The molecule has 5 unspecified atom stereocenters. The van der Waals surface area contributed by atoms with Gasteiger partial charge in [-0.05, 0) is 96.1 Å². The Morgan fingerprint density at radius 3 is 2.37 bits per heavy atom. The van der Waals surface area contributed by atoms with E-state index in [1.807, 2.05) is 0 Å². The summed E-state index contributed by atoms with van der Waals surface area (Å²) in [5.74, 6) is 0.689. The van der Waals surface area contributed by atoms with E-state index < -0.39 is 0 Å². The highest BCUT2D eigenvalue weighted by atomic mass is 15.2. The second kappa shape index (κ2) is 14.0. The summed E-state index contributed by atoms with van der Waals surface area (Å²) in [5.41, 5.74) is 18.4. The maximum Gasteiger partial charge on any atom is 0.0852 e. The first-order valence-electron chi connectivity index (χ1n) is 20.3. The number of rotatable bonds is 8. The van der Waals surface area contributed by atoms with Gasteiger partial charge in [0.25, 0.3) is 0 Å². The van der Waals surface area contributed by atoms with Crippen molar-refractivity contribution in [3.8, 4) is 0 Å². The van der Waals surface area contributed by atoms with Crippen molar-refractivity contribution in [2.75, 3.05) is 11.4 Å². The Hall–Kier alpha value is -6.30. The summed E-state index contributed by atoms with van der Waals surface area (Å²) in [4.78, 5) is 2.59. The summed E-state index contributed by atoms with van der Waals surface area (Å²) in [6.07, 6.45) is 23.2. The fourth-order valence-electron chi connectivity index (χ4n) is 9.82. The summed E-state index contributed by atoms with van der Waals surface area (Å²) in [6, 6.07) is 46.7. The molecule has 0 amide bonds. The van der Waals surface area contributed by atoms with Crippen molar-refractivity contribution in [3.05, 3.63) is 226 Å². The molecule has 0 fully saturated rings. The predicted molar refractivity (Wildman–Crippen MR) is 237 cm³/mol. The molecule has 5 aliphatic rings. The third-order valence-corrected chi connectivity index (χ3v) is 12.6. The maximum atomic E-state index is 7.00. The Morgan fingerprint density at radius 2 is 1.46 bits per heavy atom. The number of benzene rings is 6. The van der Waals surface area contributed by atoms with Gasteiger partial charge in [-0.25, -0.2) is 0 Å². The molecule has 0 saturated heterocycles. The fourth-order valence-corrected chi connectivity index (χ4v) is 9.82. The van der Waals surface area contributed by atoms with E-state index in [9.17, 15) is 0 Å². The standard InChI is InChI=1S/C53H44N4/c54-52(41-24-23-36-12-2-4-15-40(36)32-41)56-53(55-33-34-21-22-35-11-1-3-14-39(35)31-34)38-25-28-42(29-26-38)57-48-20-10-9-19-47(48)50-49-43-16-6-5-13-37(43)27-30-45(49)44-17-7-8-18-46(44)51(50)57/h1-21,23-32,35,46,51-53,55-56H,22,33,54H2. The summed E-state index contributed by atoms with van der Waals surface area (Å²) in [5, 5.41) is 15.3. The highest BCUT2D eigenvalue weighted by molar-refractivity contribution is 5.99. The minimum atomic E-state index is -0.374. The minimum absolute atomic E-state index is 0.120. The van der Waals surface area contributed by atoms with Crippen molar-refractivity contribution in [3.63, 3.8) is 0 Å². The largest absolute Gasteiger partial charge is 0.332 e. The van der Waals surface area contributed by atoms with Crippen LogP contribution in [-0.4, -0.2) is 12.6 Å². The molecule has 6 aromatic rings. The van der Waals surface area contributed by atoms with Crippen molar-refractivity contribution in [2.45, 2.75) is 24.8 Å². The van der Waals surface area contributed by atoms with E-state index in [1.165, 1.54) is 71.2 Å². The van der Waals surface area contributed by atoms with E-state index >= 15 is 0 Å². The molecule has 1 aliphatic heterocycles. The van der Waals surface area contributed by atoms with Gasteiger partial charge in [-0.2, -0.15) is 0 Å². The van der Waals surface area contributed by atoms with Crippen LogP contribution in [0.3, 0.4) is 0 Å². The zero-order valence-electron chi connectivity index (χ0n) is 31.7. The molecule has 11 rings (SSSR count). The summed E-state index contributed by atoms with van der Waals surface area (Å²) in [7, 11) is 0. The van der Waals surface area contributed by atoms with Gasteiger partial charge in [0.2, 0.25) is 0 Å². The molecule has 6 aromatic carbocycles. The number of hydrogen-bond donors (Lipinski definition) is 3. The molecule has 0 bridgehead atoms. The van der Waals surface area contributed by atoms with Crippen LogP contribution in [0.4, 0.5) is 11.4 Å². The average molecular weight is 737 g/mol. The molecule has 0 spiro atoms. The lowest BCUT2D eigenvalue weighted by atomic mass is 9.76. The molecule has 4 heteroatoms. The van der Waals surface area contributed by atoms with Crippen LogP contribution in [0.5, 0.6) is 0 Å². The van der Waals surface area contributed by atoms with E-state index in [1.54, 1.807) is 0 Å². The zero-order valence-corrected chi connectivity index (χ0v) is 31.7. The number of anilines is 2. The van der Waals surface area contributed by atoms with Crippen molar-refractivity contribution in [2.24, 2.45) is 17.6 Å². The van der Waals surface area contributed by atoms with Crippen molar-refractivity contribution < 1.29 is 0 Å². The lowest BCUT2D eigenvalue weighted by molar-refractivity contribution is 0.398. The highest BCUT2D eigenvalue weighted by Crippen LogP contribution is 2.49. The van der Waals surface area contributed by atoms with E-state index in [2.05, 4.69) is 204 Å². The van der Waals surface area contributed by atoms with Gasteiger partial charge in [-0.1, -0.05) is 164 Å². The van der Waals surface area contributed by atoms with E-state index in [0.29, 0.717) is 5.92 Å². The van der Waals surface area contributed by atoms with Crippen LogP contribution in [0.15, 0.2) is 199 Å². The first-order valence-corrected chi connectivity index (χ1v) is 20.3. The van der Waals surface area contributed by atoms with Gasteiger partial charge in [-0.3, -0.25) is 10.6 Å². The molecule has 4 nitrogen and oxygen atoms in total. The van der Waals surface area contributed by atoms with E-state index in [4.69, 9.17) is 5.73 Å². The quantitative estimate of drug-likeness (QED) is 0.136. The summed E-state index contributed by atoms with van der Waals surface area (Å²) >= 11 is 0. The molecule has 0 aromatic heterocycles. The maximum absolute atomic E-state index is 7.00. The van der Waals surface area contributed by atoms with Crippen LogP contribution in [0.25, 0.3) is 32.7 Å². The molecule has 276 valence electrons. The first kappa shape index (κ1) is 34.0. The third kappa shape index (κ3) is 5.88. The van der Waals surface area contributed by atoms with Crippen LogP contribution in [0.1, 0.15) is 35.4 Å². The number of fused-ring (bicyclic) bond motifs is 10. The van der Waals surface area contributed by atoms with E-state index in [0.717, 1.165) is 24.1 Å². The molecule has 4 N–H and O–H groups in total. The van der Waals surface area contributed by atoms with Gasteiger partial charge < -0.3 is 10.6 Å². The average Bonchev–Trinajstić information content (AvgIpc) is 3.63. The van der Waals surface area contributed by atoms with Gasteiger partial charge in [-0.15, -0.1) is 0 Å². The fraction of sp³-hybridized carbons (Fsp3) is 0.132. The molecule has 0 saturated carbocycles. The number of nitrogens with two attached hydrogens (primary N) is 1. The Bertz CT molecular complexity index is 2910. The SMILES string of the molecule is NC(NC(NCC1=CCC2C=CC=CC2=C1)c1ccc(N2c3ccccc3C3=c4c(ccc5ccccc45)=C4C=CC=CC4C32)cc1)c1ccc2ccccc2c1. The number of para-hydroxylation sites is 1. The Labute approximate surface area is 333 Å². The van der Waals surface area contributed by atoms with Crippen LogP contribution in [-0.2, 0) is 0 Å². The Morgan fingerprint density at radius 1 is 0.702 bits per heavy atom. The molecular weight excluding hydrogens is 693 g/mol. The molecule has 57 heavy (non-hydrogen) atoms. The molecule has 5 atom stereocenters. The van der Waals surface area contributed by atoms with Crippen molar-refractivity contribution in [1.82, 2.24) is 10.6 Å². The number of hydrogen-bond acceptors (Lipinski definition) is 4. The lowest BCUT2D eigenvalue weighted by Crippen LogP contribution is -2.46.